The molecule has 1 fully saturated rings. The molecular formula is C24H36N2O4. The molecule has 1 aliphatic rings. The lowest BCUT2D eigenvalue weighted by molar-refractivity contribution is -0.133. The van der Waals surface area contributed by atoms with Crippen LogP contribution in [0.25, 0.3) is 0 Å². The predicted molar refractivity (Wildman–Crippen MR) is 117 cm³/mol. The summed E-state index contributed by atoms with van der Waals surface area (Å²) in [5, 5.41) is 5.78. The van der Waals surface area contributed by atoms with Crippen molar-refractivity contribution in [1.82, 2.24) is 10.6 Å². The summed E-state index contributed by atoms with van der Waals surface area (Å²) in [5.41, 5.74) is 0.147. The van der Waals surface area contributed by atoms with Crippen LogP contribution >= 0.6 is 0 Å². The zero-order valence-corrected chi connectivity index (χ0v) is 18.9. The standard InChI is InChI=1S/C24H36N2O4/c1-16(2)11-12-21(27)25-20(14-18-9-7-6-8-10-18)23(29)26-19(13-17(3)4)22(28)24(5)15-30-24/h6-10,16-17,19-20H,11-15H2,1-5H3,(H,25,27)(H,26,29). The van der Waals surface area contributed by atoms with Gasteiger partial charge in [0.2, 0.25) is 11.8 Å². The van der Waals surface area contributed by atoms with E-state index in [1.807, 2.05) is 44.2 Å². The third-order valence-electron chi connectivity index (χ3n) is 5.32. The summed E-state index contributed by atoms with van der Waals surface area (Å²) in [4.78, 5) is 38.4. The van der Waals surface area contributed by atoms with E-state index in [0.717, 1.165) is 12.0 Å². The van der Waals surface area contributed by atoms with Crippen LogP contribution in [0.4, 0.5) is 0 Å². The Labute approximate surface area is 180 Å². The van der Waals surface area contributed by atoms with Gasteiger partial charge in [-0.2, -0.15) is 0 Å². The lowest BCUT2D eigenvalue weighted by Gasteiger charge is -2.25. The maximum atomic E-state index is 13.1. The highest BCUT2D eigenvalue weighted by Gasteiger charge is 2.50. The van der Waals surface area contributed by atoms with Gasteiger partial charge in [-0.1, -0.05) is 58.0 Å². The lowest BCUT2D eigenvalue weighted by atomic mass is 9.93. The van der Waals surface area contributed by atoms with Gasteiger partial charge in [0.25, 0.3) is 0 Å². The molecule has 2 rings (SSSR count). The molecule has 30 heavy (non-hydrogen) atoms. The van der Waals surface area contributed by atoms with E-state index in [2.05, 4.69) is 24.5 Å². The Balaban J connectivity index is 2.12. The number of hydrogen-bond acceptors (Lipinski definition) is 4. The van der Waals surface area contributed by atoms with Crippen LogP contribution in [-0.4, -0.2) is 41.9 Å². The third-order valence-corrected chi connectivity index (χ3v) is 5.32. The van der Waals surface area contributed by atoms with Crippen molar-refractivity contribution in [3.63, 3.8) is 0 Å². The topological polar surface area (TPSA) is 87.8 Å². The number of nitrogens with one attached hydrogen (secondary N) is 2. The van der Waals surface area contributed by atoms with Gasteiger partial charge in [-0.25, -0.2) is 0 Å². The van der Waals surface area contributed by atoms with E-state index in [0.29, 0.717) is 31.8 Å². The summed E-state index contributed by atoms with van der Waals surface area (Å²) < 4.78 is 5.31. The summed E-state index contributed by atoms with van der Waals surface area (Å²) in [6.45, 7) is 10.3. The molecule has 6 nitrogen and oxygen atoms in total. The minimum Gasteiger partial charge on any atom is -0.361 e. The SMILES string of the molecule is CC(C)CCC(=O)NC(Cc1ccccc1)C(=O)NC(CC(C)C)C(=O)C1(C)CO1. The van der Waals surface area contributed by atoms with E-state index in [9.17, 15) is 14.4 Å². The molecule has 1 aliphatic heterocycles. The zero-order valence-electron chi connectivity index (χ0n) is 18.9. The third kappa shape index (κ3) is 7.56. The Morgan fingerprint density at radius 1 is 1.00 bits per heavy atom. The average Bonchev–Trinajstić information content (AvgIpc) is 3.43. The number of benzene rings is 1. The monoisotopic (exact) mass is 416 g/mol. The smallest absolute Gasteiger partial charge is 0.243 e. The van der Waals surface area contributed by atoms with E-state index in [4.69, 9.17) is 4.74 Å². The molecule has 0 spiro atoms. The molecule has 2 N–H and O–H groups in total. The maximum absolute atomic E-state index is 13.1. The average molecular weight is 417 g/mol. The number of carbonyl (C=O) groups is 3. The Bertz CT molecular complexity index is 726. The number of ether oxygens (including phenoxy) is 1. The number of amides is 2. The second kappa shape index (κ2) is 10.7. The van der Waals surface area contributed by atoms with E-state index in [1.165, 1.54) is 0 Å². The molecule has 0 saturated carbocycles. The van der Waals surface area contributed by atoms with E-state index in [-0.39, 0.29) is 23.5 Å². The number of hydrogen-bond donors (Lipinski definition) is 2. The molecule has 1 aromatic rings. The van der Waals surface area contributed by atoms with Crippen molar-refractivity contribution in [2.45, 2.75) is 78.0 Å². The van der Waals surface area contributed by atoms with Crippen molar-refractivity contribution >= 4 is 17.6 Å². The molecule has 0 radical (unpaired) electrons. The van der Waals surface area contributed by atoms with Crippen LogP contribution in [0, 0.1) is 11.8 Å². The summed E-state index contributed by atoms with van der Waals surface area (Å²) in [7, 11) is 0. The fourth-order valence-corrected chi connectivity index (χ4v) is 3.34. The van der Waals surface area contributed by atoms with Crippen LogP contribution in [0.1, 0.15) is 59.4 Å². The van der Waals surface area contributed by atoms with Gasteiger partial charge in [0.05, 0.1) is 12.6 Å². The van der Waals surface area contributed by atoms with Crippen molar-refractivity contribution in [1.29, 1.82) is 0 Å². The summed E-state index contributed by atoms with van der Waals surface area (Å²) in [6, 6.07) is 8.21. The number of rotatable bonds is 12. The van der Waals surface area contributed by atoms with Gasteiger partial charge in [0.15, 0.2) is 5.78 Å². The molecule has 166 valence electrons. The molecule has 1 heterocycles. The molecule has 0 bridgehead atoms. The Morgan fingerprint density at radius 2 is 1.63 bits per heavy atom. The van der Waals surface area contributed by atoms with Crippen LogP contribution < -0.4 is 10.6 Å². The minimum absolute atomic E-state index is 0.103. The quantitative estimate of drug-likeness (QED) is 0.513. The highest BCUT2D eigenvalue weighted by molar-refractivity contribution is 5.97. The minimum atomic E-state index is -0.803. The van der Waals surface area contributed by atoms with Gasteiger partial charge >= 0.3 is 0 Å². The van der Waals surface area contributed by atoms with E-state index < -0.39 is 17.7 Å². The van der Waals surface area contributed by atoms with Gasteiger partial charge in [-0.15, -0.1) is 0 Å². The molecule has 0 aliphatic carbocycles. The first kappa shape index (κ1) is 24.1. The number of ketones is 1. The summed E-state index contributed by atoms with van der Waals surface area (Å²) >= 11 is 0. The molecule has 2 amide bonds. The maximum Gasteiger partial charge on any atom is 0.243 e. The first-order chi connectivity index (χ1) is 14.1. The molecule has 3 atom stereocenters. The van der Waals surface area contributed by atoms with E-state index in [1.54, 1.807) is 6.92 Å². The van der Waals surface area contributed by atoms with Crippen LogP contribution in [0.15, 0.2) is 30.3 Å². The molecular weight excluding hydrogens is 380 g/mol. The van der Waals surface area contributed by atoms with Gasteiger partial charge in [0, 0.05) is 12.8 Å². The normalized spacial score (nSPS) is 20.0. The fourth-order valence-electron chi connectivity index (χ4n) is 3.34. The van der Waals surface area contributed by atoms with Gasteiger partial charge in [0.1, 0.15) is 11.6 Å². The molecule has 1 saturated heterocycles. The van der Waals surface area contributed by atoms with Gasteiger partial charge < -0.3 is 15.4 Å². The number of carbonyl (C=O) groups excluding carboxylic acids is 3. The van der Waals surface area contributed by atoms with Crippen LogP contribution in [0.2, 0.25) is 0 Å². The van der Waals surface area contributed by atoms with Crippen molar-refractivity contribution in [2.24, 2.45) is 11.8 Å². The van der Waals surface area contributed by atoms with Crippen molar-refractivity contribution in [3.05, 3.63) is 35.9 Å². The molecule has 3 unspecified atom stereocenters. The number of epoxide rings is 1. The molecule has 6 heteroatoms. The molecule has 1 aromatic carbocycles. The van der Waals surface area contributed by atoms with Gasteiger partial charge in [-0.05, 0) is 37.2 Å². The summed E-state index contributed by atoms with van der Waals surface area (Å²) in [6.07, 6.45) is 2.03. The van der Waals surface area contributed by atoms with Crippen molar-refractivity contribution in [3.8, 4) is 0 Å². The second-order valence-electron chi connectivity index (χ2n) is 9.32. The van der Waals surface area contributed by atoms with Crippen LogP contribution in [0.5, 0.6) is 0 Å². The first-order valence-electron chi connectivity index (χ1n) is 10.9. The zero-order chi connectivity index (χ0) is 22.3. The highest BCUT2D eigenvalue weighted by atomic mass is 16.6. The summed E-state index contributed by atoms with van der Waals surface area (Å²) in [5.74, 6) is 0.0532. The Kier molecular flexibility index (Phi) is 8.59. The largest absolute Gasteiger partial charge is 0.361 e. The predicted octanol–water partition coefficient (Wildman–Crippen LogP) is 3.04. The Hall–Kier alpha value is -2.21. The van der Waals surface area contributed by atoms with Crippen LogP contribution in [-0.2, 0) is 25.5 Å². The second-order valence-corrected chi connectivity index (χ2v) is 9.32. The number of Topliss-reactive ketones (excluding diaryl/α,β-unsaturated/α-hetero) is 1. The highest BCUT2D eigenvalue weighted by Crippen LogP contribution is 2.29. The van der Waals surface area contributed by atoms with E-state index >= 15 is 0 Å². The van der Waals surface area contributed by atoms with Crippen molar-refractivity contribution < 1.29 is 19.1 Å². The first-order valence-corrected chi connectivity index (χ1v) is 10.9. The van der Waals surface area contributed by atoms with Crippen LogP contribution in [0.3, 0.4) is 0 Å². The fraction of sp³-hybridized carbons (Fsp3) is 0.625. The van der Waals surface area contributed by atoms with Gasteiger partial charge in [-0.3, -0.25) is 14.4 Å². The molecule has 0 aromatic heterocycles. The van der Waals surface area contributed by atoms with Crippen molar-refractivity contribution in [2.75, 3.05) is 6.61 Å². The lowest BCUT2D eigenvalue weighted by Crippen LogP contribution is -2.54. The Morgan fingerprint density at radius 3 is 2.17 bits per heavy atom.